The number of aliphatic hydroxyl groups excluding tert-OH is 1. The van der Waals surface area contributed by atoms with Gasteiger partial charge in [-0.15, -0.1) is 0 Å². The second kappa shape index (κ2) is 11.1. The molecule has 2 amide bonds. The van der Waals surface area contributed by atoms with Gasteiger partial charge in [-0.2, -0.15) is 5.26 Å². The summed E-state index contributed by atoms with van der Waals surface area (Å²) in [7, 11) is 1.37. The van der Waals surface area contributed by atoms with Crippen molar-refractivity contribution >= 4 is 11.8 Å². The number of nitriles is 1. The largest absolute Gasteiger partial charge is 0.496 e. The van der Waals surface area contributed by atoms with Crippen molar-refractivity contribution in [3.05, 3.63) is 83.4 Å². The van der Waals surface area contributed by atoms with Crippen molar-refractivity contribution in [1.82, 2.24) is 10.2 Å². The summed E-state index contributed by atoms with van der Waals surface area (Å²) in [6.07, 6.45) is 0.695. The van der Waals surface area contributed by atoms with E-state index in [4.69, 9.17) is 14.7 Å². The van der Waals surface area contributed by atoms with Crippen LogP contribution in [0.15, 0.2) is 60.7 Å². The number of nitrogens with zero attached hydrogens (tertiary/aromatic N) is 2. The average molecular weight is 507 g/mol. The number of amides is 2. The lowest BCUT2D eigenvalue weighted by molar-refractivity contribution is -0.126. The number of benzene rings is 3. The molecule has 0 saturated carbocycles. The van der Waals surface area contributed by atoms with Crippen LogP contribution in [0.25, 0.3) is 11.1 Å². The molecule has 1 aliphatic rings. The van der Waals surface area contributed by atoms with Gasteiger partial charge in [-0.25, -0.2) is 8.78 Å². The summed E-state index contributed by atoms with van der Waals surface area (Å²) in [5, 5.41) is 20.8. The van der Waals surface area contributed by atoms with Gasteiger partial charge in [0, 0.05) is 23.7 Å². The topological polar surface area (TPSA) is 112 Å². The number of hydrogen-bond acceptors (Lipinski definition) is 6. The van der Waals surface area contributed by atoms with E-state index >= 15 is 0 Å². The minimum atomic E-state index is -1.14. The number of nitrogens with one attached hydrogen (secondary N) is 1. The molecule has 0 bridgehead atoms. The zero-order valence-electron chi connectivity index (χ0n) is 19.8. The van der Waals surface area contributed by atoms with Crippen molar-refractivity contribution in [3.63, 3.8) is 0 Å². The first-order valence-corrected chi connectivity index (χ1v) is 11.4. The van der Waals surface area contributed by atoms with Crippen LogP contribution in [0.4, 0.5) is 8.78 Å². The third-order valence-corrected chi connectivity index (χ3v) is 6.06. The van der Waals surface area contributed by atoms with Gasteiger partial charge in [-0.05, 0) is 47.9 Å². The Morgan fingerprint density at radius 3 is 2.57 bits per heavy atom. The summed E-state index contributed by atoms with van der Waals surface area (Å²) in [5.41, 5.74) is 2.01. The Kier molecular flexibility index (Phi) is 7.65. The number of carbonyl (C=O) groups is 2. The van der Waals surface area contributed by atoms with E-state index in [0.717, 1.165) is 12.1 Å². The molecule has 0 aliphatic carbocycles. The zero-order chi connectivity index (χ0) is 26.5. The molecule has 8 nitrogen and oxygen atoms in total. The van der Waals surface area contributed by atoms with Crippen LogP contribution in [-0.4, -0.2) is 47.6 Å². The van der Waals surface area contributed by atoms with Crippen molar-refractivity contribution in [1.29, 1.82) is 5.26 Å². The van der Waals surface area contributed by atoms with Gasteiger partial charge in [0.15, 0.2) is 17.8 Å². The van der Waals surface area contributed by atoms with Gasteiger partial charge >= 0.3 is 0 Å². The molecule has 190 valence electrons. The summed E-state index contributed by atoms with van der Waals surface area (Å²) in [5.74, 6) is -2.44. The highest BCUT2D eigenvalue weighted by atomic mass is 19.2. The summed E-state index contributed by atoms with van der Waals surface area (Å²) >= 11 is 0. The summed E-state index contributed by atoms with van der Waals surface area (Å²) < 4.78 is 38.2. The fraction of sp³-hybridized carbons (Fsp3) is 0.222. The van der Waals surface area contributed by atoms with Crippen molar-refractivity contribution in [3.8, 4) is 28.8 Å². The smallest absolute Gasteiger partial charge is 0.258 e. The third kappa shape index (κ3) is 5.52. The first kappa shape index (κ1) is 25.6. The summed E-state index contributed by atoms with van der Waals surface area (Å²) in [6.45, 7) is 0.315. The zero-order valence-corrected chi connectivity index (χ0v) is 19.8. The molecule has 37 heavy (non-hydrogen) atoms. The standard InChI is InChI=1S/C27H23F2N3O5/c1-36-24-13-22(29)21(28)12-20(24)17-5-7-19(8-6-17)37-14-16-3-2-4-18(11-16)27(35)32-10-9-23(33)25(32)26(34)31-15-30/h2-8,11-13,23,25,33H,9-10,14H2,1H3,(H,31,34)/t23-,25-/m0/s1. The molecule has 1 heterocycles. The van der Waals surface area contributed by atoms with Gasteiger partial charge in [-0.3, -0.25) is 14.9 Å². The second-order valence-corrected chi connectivity index (χ2v) is 8.38. The number of methoxy groups -OCH3 is 1. The van der Waals surface area contributed by atoms with Crippen molar-refractivity contribution in [2.45, 2.75) is 25.2 Å². The molecule has 0 aromatic heterocycles. The number of rotatable bonds is 7. The third-order valence-electron chi connectivity index (χ3n) is 6.06. The Morgan fingerprint density at radius 2 is 1.86 bits per heavy atom. The molecule has 2 N–H and O–H groups in total. The minimum absolute atomic E-state index is 0.135. The summed E-state index contributed by atoms with van der Waals surface area (Å²) in [4.78, 5) is 26.5. The number of hydrogen-bond donors (Lipinski definition) is 2. The maximum absolute atomic E-state index is 13.7. The first-order valence-electron chi connectivity index (χ1n) is 11.4. The Morgan fingerprint density at radius 1 is 1.14 bits per heavy atom. The van der Waals surface area contributed by atoms with Crippen LogP contribution in [0.5, 0.6) is 11.5 Å². The van der Waals surface area contributed by atoms with Gasteiger partial charge in [-0.1, -0.05) is 24.3 Å². The van der Waals surface area contributed by atoms with Gasteiger partial charge < -0.3 is 19.5 Å². The molecular formula is C27H23F2N3O5. The Labute approximate surface area is 211 Å². The van der Waals surface area contributed by atoms with Gasteiger partial charge in [0.25, 0.3) is 11.8 Å². The van der Waals surface area contributed by atoms with E-state index in [2.05, 4.69) is 0 Å². The molecule has 1 aliphatic heterocycles. The van der Waals surface area contributed by atoms with Crippen LogP contribution in [0.1, 0.15) is 22.3 Å². The van der Waals surface area contributed by atoms with Gasteiger partial charge in [0.1, 0.15) is 24.1 Å². The van der Waals surface area contributed by atoms with Crippen molar-refractivity contribution < 1.29 is 33.0 Å². The van der Waals surface area contributed by atoms with Crippen LogP contribution in [0, 0.1) is 23.1 Å². The molecule has 4 rings (SSSR count). The van der Waals surface area contributed by atoms with E-state index in [1.165, 1.54) is 18.2 Å². The van der Waals surface area contributed by atoms with Crippen LogP contribution in [0.3, 0.4) is 0 Å². The maximum Gasteiger partial charge on any atom is 0.258 e. The Bertz CT molecular complexity index is 1360. The quantitative estimate of drug-likeness (QED) is 0.375. The number of ether oxygens (including phenoxy) is 2. The van der Waals surface area contributed by atoms with E-state index in [9.17, 15) is 23.5 Å². The maximum atomic E-state index is 13.7. The molecule has 10 heteroatoms. The number of halogens is 2. The minimum Gasteiger partial charge on any atom is -0.496 e. The van der Waals surface area contributed by atoms with Gasteiger partial charge in [0.05, 0.1) is 13.2 Å². The monoisotopic (exact) mass is 507 g/mol. The molecule has 0 unspecified atom stereocenters. The fourth-order valence-electron chi connectivity index (χ4n) is 4.23. The SMILES string of the molecule is COc1cc(F)c(F)cc1-c1ccc(OCc2cccc(C(=O)N3CC[C@H](O)[C@H]3C(=O)NC#N)c2)cc1. The molecule has 3 aromatic carbocycles. The second-order valence-electron chi connectivity index (χ2n) is 8.38. The lowest BCUT2D eigenvalue weighted by Gasteiger charge is -2.24. The van der Waals surface area contributed by atoms with E-state index in [0.29, 0.717) is 28.0 Å². The van der Waals surface area contributed by atoms with E-state index in [1.54, 1.807) is 48.5 Å². The molecule has 0 radical (unpaired) electrons. The van der Waals surface area contributed by atoms with E-state index < -0.39 is 35.6 Å². The van der Waals surface area contributed by atoms with Crippen LogP contribution >= 0.6 is 0 Å². The van der Waals surface area contributed by atoms with Crippen LogP contribution < -0.4 is 14.8 Å². The lowest BCUT2D eigenvalue weighted by Crippen LogP contribution is -2.49. The van der Waals surface area contributed by atoms with E-state index in [1.807, 2.05) is 5.32 Å². The number of carbonyl (C=O) groups excluding carboxylic acids is 2. The highest BCUT2D eigenvalue weighted by Gasteiger charge is 2.41. The van der Waals surface area contributed by atoms with Crippen molar-refractivity contribution in [2.75, 3.05) is 13.7 Å². The Hall–Kier alpha value is -4.49. The highest BCUT2D eigenvalue weighted by Crippen LogP contribution is 2.33. The number of likely N-dealkylation sites (tertiary alicyclic amines) is 1. The predicted octanol–water partition coefficient (Wildman–Crippen LogP) is 3.39. The molecular weight excluding hydrogens is 484 g/mol. The molecule has 1 saturated heterocycles. The predicted molar refractivity (Wildman–Crippen MR) is 128 cm³/mol. The van der Waals surface area contributed by atoms with E-state index in [-0.39, 0.29) is 25.3 Å². The summed E-state index contributed by atoms with van der Waals surface area (Å²) in [6, 6.07) is 14.3. The Balaban J connectivity index is 1.44. The lowest BCUT2D eigenvalue weighted by atomic mass is 10.0. The van der Waals surface area contributed by atoms with Crippen LogP contribution in [-0.2, 0) is 11.4 Å². The average Bonchev–Trinajstić information content (AvgIpc) is 3.30. The number of aliphatic hydroxyl groups is 1. The highest BCUT2D eigenvalue weighted by molar-refractivity contribution is 5.98. The molecule has 0 spiro atoms. The first-order chi connectivity index (χ1) is 17.8. The van der Waals surface area contributed by atoms with Crippen LogP contribution in [0.2, 0.25) is 0 Å². The molecule has 2 atom stereocenters. The fourth-order valence-corrected chi connectivity index (χ4v) is 4.23. The molecule has 3 aromatic rings. The normalized spacial score (nSPS) is 16.7. The van der Waals surface area contributed by atoms with Crippen molar-refractivity contribution in [2.24, 2.45) is 0 Å². The van der Waals surface area contributed by atoms with Gasteiger partial charge in [0.2, 0.25) is 0 Å². The molecule has 1 fully saturated rings.